The summed E-state index contributed by atoms with van der Waals surface area (Å²) in [6, 6.07) is 0.923. The standard InChI is InChI=1S/C6H2F3OS/c7-3-1-4(8)6(11-10)5(9)2-3/h1-2H/q+1. The zero-order valence-corrected chi connectivity index (χ0v) is 5.92. The molecular weight excluding hydrogens is 177 g/mol. The van der Waals surface area contributed by atoms with Crippen LogP contribution >= 0.6 is 0 Å². The third-order valence-electron chi connectivity index (χ3n) is 1.05. The van der Waals surface area contributed by atoms with Crippen molar-refractivity contribution in [1.82, 2.24) is 0 Å². The van der Waals surface area contributed by atoms with Crippen LogP contribution in [0, 0.1) is 17.5 Å². The van der Waals surface area contributed by atoms with Gasteiger partial charge >= 0.3 is 16.6 Å². The Morgan fingerprint density at radius 3 is 1.91 bits per heavy atom. The lowest BCUT2D eigenvalue weighted by Crippen LogP contribution is -1.90. The molecule has 0 saturated heterocycles. The molecule has 0 aliphatic carbocycles. The highest BCUT2D eigenvalue weighted by molar-refractivity contribution is 7.65. The minimum atomic E-state index is -1.16. The van der Waals surface area contributed by atoms with E-state index in [9.17, 15) is 17.4 Å². The maximum absolute atomic E-state index is 12.4. The molecular formula is C6H2F3OS+. The fourth-order valence-electron chi connectivity index (χ4n) is 0.609. The minimum absolute atomic E-state index is 0.336. The first-order chi connectivity index (χ1) is 5.15. The van der Waals surface area contributed by atoms with Crippen molar-refractivity contribution < 1.29 is 17.4 Å². The van der Waals surface area contributed by atoms with Gasteiger partial charge in [0.1, 0.15) is 5.82 Å². The summed E-state index contributed by atoms with van der Waals surface area (Å²) in [5, 5.41) is 0. The van der Waals surface area contributed by atoms with Crippen molar-refractivity contribution in [2.45, 2.75) is 4.90 Å². The third-order valence-corrected chi connectivity index (χ3v) is 1.60. The summed E-state index contributed by atoms with van der Waals surface area (Å²) in [7, 11) is 0. The van der Waals surface area contributed by atoms with Crippen LogP contribution in [0.1, 0.15) is 0 Å². The van der Waals surface area contributed by atoms with Crippen LogP contribution in [0.2, 0.25) is 0 Å². The summed E-state index contributed by atoms with van der Waals surface area (Å²) in [4.78, 5) is -0.702. The molecule has 0 unspecified atom stereocenters. The van der Waals surface area contributed by atoms with E-state index in [0.717, 1.165) is 0 Å². The molecule has 58 valence electrons. The van der Waals surface area contributed by atoms with E-state index in [1.165, 1.54) is 0 Å². The van der Waals surface area contributed by atoms with Gasteiger partial charge in [-0.05, 0) is 0 Å². The summed E-state index contributed by atoms with van der Waals surface area (Å²) in [6.45, 7) is 0. The van der Waals surface area contributed by atoms with Crippen LogP contribution in [0.5, 0.6) is 0 Å². The van der Waals surface area contributed by atoms with E-state index < -0.39 is 22.3 Å². The van der Waals surface area contributed by atoms with E-state index in [4.69, 9.17) is 0 Å². The fourth-order valence-corrected chi connectivity index (χ4v) is 0.886. The van der Waals surface area contributed by atoms with Crippen molar-refractivity contribution in [3.05, 3.63) is 29.6 Å². The Hall–Kier alpha value is -0.970. The fraction of sp³-hybridized carbons (Fsp3) is 0. The van der Waals surface area contributed by atoms with E-state index in [2.05, 4.69) is 0 Å². The molecule has 0 aliphatic heterocycles. The molecule has 1 nitrogen and oxygen atoms in total. The highest BCUT2D eigenvalue weighted by atomic mass is 32.1. The first-order valence-corrected chi connectivity index (χ1v) is 3.33. The second-order valence-electron chi connectivity index (χ2n) is 1.78. The van der Waals surface area contributed by atoms with Crippen molar-refractivity contribution in [3.63, 3.8) is 0 Å². The van der Waals surface area contributed by atoms with E-state index in [1.54, 1.807) is 0 Å². The van der Waals surface area contributed by atoms with Crippen LogP contribution in [0.3, 0.4) is 0 Å². The Morgan fingerprint density at radius 1 is 1.09 bits per heavy atom. The SMILES string of the molecule is O=[S+]c1c(F)cc(F)cc1F. The van der Waals surface area contributed by atoms with Crippen molar-refractivity contribution in [2.24, 2.45) is 0 Å². The van der Waals surface area contributed by atoms with Gasteiger partial charge < -0.3 is 0 Å². The highest BCUT2D eigenvalue weighted by Crippen LogP contribution is 2.14. The van der Waals surface area contributed by atoms with Gasteiger partial charge in [0.25, 0.3) is 0 Å². The number of hydrogen-bond donors (Lipinski definition) is 0. The molecule has 0 heterocycles. The summed E-state index contributed by atoms with van der Waals surface area (Å²) >= 11 is -0.336. The molecule has 11 heavy (non-hydrogen) atoms. The maximum atomic E-state index is 12.4. The average Bonchev–Trinajstić information content (AvgIpc) is 1.85. The first-order valence-electron chi connectivity index (χ1n) is 2.59. The number of hydrogen-bond acceptors (Lipinski definition) is 1. The van der Waals surface area contributed by atoms with Crippen molar-refractivity contribution >= 4 is 11.7 Å². The lowest BCUT2D eigenvalue weighted by Gasteiger charge is -1.87. The maximum Gasteiger partial charge on any atom is 0.511 e. The summed E-state index contributed by atoms with van der Waals surface area (Å²) in [5.74, 6) is -3.36. The molecule has 0 saturated carbocycles. The molecule has 0 atom stereocenters. The number of benzene rings is 1. The van der Waals surface area contributed by atoms with Gasteiger partial charge in [-0.2, -0.15) is 0 Å². The van der Waals surface area contributed by atoms with Gasteiger partial charge in [0.15, 0.2) is 11.6 Å². The van der Waals surface area contributed by atoms with E-state index >= 15 is 0 Å². The molecule has 0 N–H and O–H groups in total. The summed E-state index contributed by atoms with van der Waals surface area (Å²) in [5.41, 5.74) is 0. The van der Waals surface area contributed by atoms with Crippen molar-refractivity contribution in [1.29, 1.82) is 0 Å². The molecule has 1 rings (SSSR count). The minimum Gasteiger partial charge on any atom is -0.207 e. The zero-order chi connectivity index (χ0) is 8.43. The highest BCUT2D eigenvalue weighted by Gasteiger charge is 2.22. The van der Waals surface area contributed by atoms with Crippen LogP contribution in [-0.2, 0) is 15.9 Å². The van der Waals surface area contributed by atoms with E-state index in [1.807, 2.05) is 0 Å². The van der Waals surface area contributed by atoms with E-state index in [0.29, 0.717) is 12.1 Å². The van der Waals surface area contributed by atoms with Gasteiger partial charge in [0, 0.05) is 16.3 Å². The van der Waals surface area contributed by atoms with Gasteiger partial charge in [0.2, 0.25) is 0 Å². The molecule has 1 aromatic carbocycles. The normalized spacial score (nSPS) is 9.73. The second-order valence-corrected chi connectivity index (χ2v) is 2.36. The van der Waals surface area contributed by atoms with Crippen molar-refractivity contribution in [2.75, 3.05) is 0 Å². The molecule has 1 aromatic rings. The first kappa shape index (κ1) is 8.13. The molecule has 0 aromatic heterocycles. The molecule has 0 spiro atoms. The lowest BCUT2D eigenvalue weighted by molar-refractivity contribution is 0.505. The monoisotopic (exact) mass is 179 g/mol. The Kier molecular flexibility index (Phi) is 2.19. The van der Waals surface area contributed by atoms with Crippen molar-refractivity contribution in [3.8, 4) is 0 Å². The predicted octanol–water partition coefficient (Wildman–Crippen LogP) is 1.89. The third kappa shape index (κ3) is 1.54. The summed E-state index contributed by atoms with van der Waals surface area (Å²) in [6.07, 6.45) is 0. The Balaban J connectivity index is 3.36. The van der Waals surface area contributed by atoms with Gasteiger partial charge in [-0.1, -0.05) is 0 Å². The van der Waals surface area contributed by atoms with Gasteiger partial charge in [-0.25, -0.2) is 13.2 Å². The van der Waals surface area contributed by atoms with Gasteiger partial charge in [0.05, 0.1) is 0 Å². The largest absolute Gasteiger partial charge is 0.511 e. The molecule has 0 aliphatic rings. The number of halogens is 3. The molecule has 5 heteroatoms. The predicted molar refractivity (Wildman–Crippen MR) is 32.6 cm³/mol. The topological polar surface area (TPSA) is 17.1 Å². The van der Waals surface area contributed by atoms with Crippen LogP contribution < -0.4 is 0 Å². The number of rotatable bonds is 1. The quantitative estimate of drug-likeness (QED) is 0.601. The lowest BCUT2D eigenvalue weighted by atomic mass is 10.3. The summed E-state index contributed by atoms with van der Waals surface area (Å²) < 4.78 is 47.0. The van der Waals surface area contributed by atoms with Crippen LogP contribution in [0.25, 0.3) is 0 Å². The van der Waals surface area contributed by atoms with Crippen LogP contribution in [-0.4, -0.2) is 0 Å². The average molecular weight is 179 g/mol. The Bertz CT molecular complexity index is 277. The Labute approximate surface area is 64.3 Å². The van der Waals surface area contributed by atoms with E-state index in [-0.39, 0.29) is 11.7 Å². The van der Waals surface area contributed by atoms with Crippen LogP contribution in [0.4, 0.5) is 13.2 Å². The van der Waals surface area contributed by atoms with Gasteiger partial charge in [-0.15, -0.1) is 0 Å². The second kappa shape index (κ2) is 2.96. The van der Waals surface area contributed by atoms with Gasteiger partial charge in [-0.3, -0.25) is 0 Å². The molecule has 0 fully saturated rings. The van der Waals surface area contributed by atoms with Crippen LogP contribution in [0.15, 0.2) is 17.0 Å². The molecule has 0 bridgehead atoms. The molecule has 0 amide bonds. The Morgan fingerprint density at radius 2 is 1.55 bits per heavy atom. The smallest absolute Gasteiger partial charge is 0.207 e. The molecule has 0 radical (unpaired) electrons. The zero-order valence-electron chi connectivity index (χ0n) is 5.11.